The number of halogens is 2. The van der Waals surface area contributed by atoms with Crippen molar-refractivity contribution in [3.8, 4) is 0 Å². The fourth-order valence-electron chi connectivity index (χ4n) is 2.87. The summed E-state index contributed by atoms with van der Waals surface area (Å²) in [7, 11) is -3.61. The van der Waals surface area contributed by atoms with E-state index >= 15 is 0 Å². The smallest absolute Gasteiger partial charge is 0.251 e. The summed E-state index contributed by atoms with van der Waals surface area (Å²) in [5.41, 5.74) is 1.97. The highest BCUT2D eigenvalue weighted by Crippen LogP contribution is 2.21. The molecule has 156 valence electrons. The average Bonchev–Trinajstić information content (AvgIpc) is 2.71. The first-order valence-electron chi connectivity index (χ1n) is 9.07. The van der Waals surface area contributed by atoms with Crippen LogP contribution in [0.25, 0.3) is 0 Å². The van der Waals surface area contributed by atoms with Gasteiger partial charge in [-0.2, -0.15) is 0 Å². The highest BCUT2D eigenvalue weighted by atomic mass is 32.2. The summed E-state index contributed by atoms with van der Waals surface area (Å²) in [6, 6.07) is 17.6. The number of rotatable bonds is 7. The summed E-state index contributed by atoms with van der Waals surface area (Å²) in [5, 5.41) is 2.69. The Morgan fingerprint density at radius 2 is 1.57 bits per heavy atom. The molecule has 0 saturated heterocycles. The topological polar surface area (TPSA) is 66.5 Å². The number of amides is 1. The van der Waals surface area contributed by atoms with E-state index in [0.717, 1.165) is 6.26 Å². The van der Waals surface area contributed by atoms with Crippen LogP contribution >= 0.6 is 0 Å². The highest BCUT2D eigenvalue weighted by molar-refractivity contribution is 7.92. The van der Waals surface area contributed by atoms with Crippen molar-refractivity contribution in [2.24, 2.45) is 0 Å². The zero-order chi connectivity index (χ0) is 21.7. The SMILES string of the molecule is CS(=O)(=O)N(Cc1ccc(F)cc1)c1ccc(C(=O)NCc2cccc(F)c2)cc1. The summed E-state index contributed by atoms with van der Waals surface area (Å²) in [6.07, 6.45) is 1.08. The van der Waals surface area contributed by atoms with Crippen molar-refractivity contribution in [1.29, 1.82) is 0 Å². The van der Waals surface area contributed by atoms with E-state index in [0.29, 0.717) is 22.4 Å². The molecule has 0 bridgehead atoms. The molecule has 3 aromatic rings. The minimum atomic E-state index is -3.61. The number of hydrogen-bond acceptors (Lipinski definition) is 3. The molecule has 1 amide bonds. The predicted molar refractivity (Wildman–Crippen MR) is 111 cm³/mol. The van der Waals surface area contributed by atoms with E-state index < -0.39 is 15.8 Å². The van der Waals surface area contributed by atoms with Gasteiger partial charge >= 0.3 is 0 Å². The standard InChI is InChI=1S/C22H20F2N2O3S/c1-30(28,29)26(15-16-5-9-19(23)10-6-16)21-11-7-18(8-12-21)22(27)25-14-17-3-2-4-20(24)13-17/h2-13H,14-15H2,1H3,(H,25,27). The van der Waals surface area contributed by atoms with E-state index in [9.17, 15) is 22.0 Å². The Balaban J connectivity index is 1.72. The molecule has 0 aliphatic rings. The van der Waals surface area contributed by atoms with Gasteiger partial charge in [0.1, 0.15) is 11.6 Å². The molecule has 0 heterocycles. The number of nitrogens with zero attached hydrogens (tertiary/aromatic N) is 1. The molecular weight excluding hydrogens is 410 g/mol. The zero-order valence-corrected chi connectivity index (χ0v) is 17.0. The normalized spacial score (nSPS) is 11.2. The van der Waals surface area contributed by atoms with E-state index in [2.05, 4.69) is 5.32 Å². The molecule has 3 aromatic carbocycles. The summed E-state index contributed by atoms with van der Waals surface area (Å²) in [6.45, 7) is 0.197. The monoisotopic (exact) mass is 430 g/mol. The molecule has 1 N–H and O–H groups in total. The van der Waals surface area contributed by atoms with Gasteiger partial charge in [0, 0.05) is 12.1 Å². The lowest BCUT2D eigenvalue weighted by atomic mass is 10.1. The van der Waals surface area contributed by atoms with E-state index in [1.165, 1.54) is 65.0 Å². The summed E-state index contributed by atoms with van der Waals surface area (Å²) < 4.78 is 52.0. The van der Waals surface area contributed by atoms with Crippen LogP contribution in [0.4, 0.5) is 14.5 Å². The van der Waals surface area contributed by atoms with Crippen LogP contribution in [0.1, 0.15) is 21.5 Å². The van der Waals surface area contributed by atoms with Crippen LogP contribution in [0.15, 0.2) is 72.8 Å². The molecular formula is C22H20F2N2O3S. The van der Waals surface area contributed by atoms with Crippen LogP contribution in [0.5, 0.6) is 0 Å². The lowest BCUT2D eigenvalue weighted by molar-refractivity contribution is 0.0951. The minimum absolute atomic E-state index is 0.0320. The van der Waals surface area contributed by atoms with Crippen molar-refractivity contribution in [2.45, 2.75) is 13.1 Å². The van der Waals surface area contributed by atoms with Gasteiger partial charge in [0.05, 0.1) is 18.5 Å². The molecule has 0 aliphatic heterocycles. The third kappa shape index (κ3) is 5.64. The van der Waals surface area contributed by atoms with E-state index in [-0.39, 0.29) is 24.8 Å². The number of nitrogens with one attached hydrogen (secondary N) is 1. The predicted octanol–water partition coefficient (Wildman–Crippen LogP) is 3.86. The van der Waals surface area contributed by atoms with Gasteiger partial charge in [-0.3, -0.25) is 9.10 Å². The first-order chi connectivity index (χ1) is 14.2. The van der Waals surface area contributed by atoms with E-state index in [1.807, 2.05) is 0 Å². The van der Waals surface area contributed by atoms with Crippen LogP contribution in [0.3, 0.4) is 0 Å². The third-order valence-electron chi connectivity index (χ3n) is 4.40. The summed E-state index contributed by atoms with van der Waals surface area (Å²) >= 11 is 0. The Bertz CT molecular complexity index is 1130. The zero-order valence-electron chi connectivity index (χ0n) is 16.2. The molecule has 0 spiro atoms. The van der Waals surface area contributed by atoms with Crippen LogP contribution < -0.4 is 9.62 Å². The van der Waals surface area contributed by atoms with Gasteiger partial charge in [0.2, 0.25) is 10.0 Å². The van der Waals surface area contributed by atoms with Crippen LogP contribution in [0.2, 0.25) is 0 Å². The summed E-state index contributed by atoms with van der Waals surface area (Å²) in [4.78, 5) is 12.3. The van der Waals surface area contributed by atoms with Gasteiger partial charge in [-0.1, -0.05) is 24.3 Å². The van der Waals surface area contributed by atoms with Gasteiger partial charge in [-0.05, 0) is 59.7 Å². The van der Waals surface area contributed by atoms with Crippen molar-refractivity contribution in [3.63, 3.8) is 0 Å². The number of carbonyl (C=O) groups is 1. The third-order valence-corrected chi connectivity index (χ3v) is 5.54. The molecule has 30 heavy (non-hydrogen) atoms. The lowest BCUT2D eigenvalue weighted by Gasteiger charge is -2.22. The number of sulfonamides is 1. The number of anilines is 1. The molecule has 0 unspecified atom stereocenters. The lowest BCUT2D eigenvalue weighted by Crippen LogP contribution is -2.29. The number of hydrogen-bond donors (Lipinski definition) is 1. The van der Waals surface area contributed by atoms with Crippen molar-refractivity contribution in [1.82, 2.24) is 5.32 Å². The largest absolute Gasteiger partial charge is 0.348 e. The molecule has 0 aliphatic carbocycles. The Morgan fingerprint density at radius 3 is 2.17 bits per heavy atom. The molecule has 0 atom stereocenters. The fourth-order valence-corrected chi connectivity index (χ4v) is 3.75. The molecule has 5 nitrogen and oxygen atoms in total. The number of carbonyl (C=O) groups excluding carboxylic acids is 1. The van der Waals surface area contributed by atoms with E-state index in [4.69, 9.17) is 0 Å². The summed E-state index contributed by atoms with van der Waals surface area (Å²) in [5.74, 6) is -1.15. The van der Waals surface area contributed by atoms with Crippen molar-refractivity contribution < 1.29 is 22.0 Å². The second-order valence-corrected chi connectivity index (χ2v) is 8.66. The van der Waals surface area contributed by atoms with Crippen LogP contribution in [0, 0.1) is 11.6 Å². The Kier molecular flexibility index (Phi) is 6.47. The minimum Gasteiger partial charge on any atom is -0.348 e. The van der Waals surface area contributed by atoms with Gasteiger partial charge < -0.3 is 5.32 Å². The quantitative estimate of drug-likeness (QED) is 0.619. The van der Waals surface area contributed by atoms with Gasteiger partial charge in [-0.25, -0.2) is 17.2 Å². The van der Waals surface area contributed by atoms with Crippen molar-refractivity contribution in [3.05, 3.63) is 101 Å². The molecule has 3 rings (SSSR count). The van der Waals surface area contributed by atoms with Gasteiger partial charge in [-0.15, -0.1) is 0 Å². The number of benzene rings is 3. The van der Waals surface area contributed by atoms with E-state index in [1.54, 1.807) is 12.1 Å². The molecule has 8 heteroatoms. The Hall–Kier alpha value is -3.26. The second-order valence-electron chi connectivity index (χ2n) is 6.76. The van der Waals surface area contributed by atoms with Crippen molar-refractivity contribution in [2.75, 3.05) is 10.6 Å². The maximum Gasteiger partial charge on any atom is 0.251 e. The molecule has 0 aromatic heterocycles. The molecule has 0 saturated carbocycles. The van der Waals surface area contributed by atoms with Crippen LogP contribution in [-0.4, -0.2) is 20.6 Å². The maximum atomic E-state index is 13.2. The first kappa shape index (κ1) is 21.4. The second kappa shape index (κ2) is 9.04. The Morgan fingerprint density at radius 1 is 0.900 bits per heavy atom. The van der Waals surface area contributed by atoms with Crippen molar-refractivity contribution >= 4 is 21.6 Å². The Labute approximate surface area is 174 Å². The highest BCUT2D eigenvalue weighted by Gasteiger charge is 2.18. The maximum absolute atomic E-state index is 13.2. The van der Waals surface area contributed by atoms with Gasteiger partial charge in [0.15, 0.2) is 0 Å². The fraction of sp³-hybridized carbons (Fsp3) is 0.136. The first-order valence-corrected chi connectivity index (χ1v) is 10.9. The molecule has 0 radical (unpaired) electrons. The average molecular weight is 430 g/mol. The molecule has 0 fully saturated rings. The van der Waals surface area contributed by atoms with Gasteiger partial charge in [0.25, 0.3) is 5.91 Å². The van der Waals surface area contributed by atoms with Crippen LogP contribution in [-0.2, 0) is 23.1 Å².